The van der Waals surface area contributed by atoms with Crippen LogP contribution in [-0.4, -0.2) is 6.21 Å². The molecule has 0 amide bonds. The summed E-state index contributed by atoms with van der Waals surface area (Å²) in [5.41, 5.74) is 3.75. The van der Waals surface area contributed by atoms with E-state index in [2.05, 4.69) is 30.3 Å². The summed E-state index contributed by atoms with van der Waals surface area (Å²) >= 11 is 0. The van der Waals surface area contributed by atoms with E-state index in [4.69, 9.17) is 10.1 Å². The Morgan fingerprint density at radius 1 is 1.15 bits per heavy atom. The zero-order valence-electron chi connectivity index (χ0n) is 11.4. The van der Waals surface area contributed by atoms with Gasteiger partial charge in [0.15, 0.2) is 0 Å². The van der Waals surface area contributed by atoms with Crippen molar-refractivity contribution < 1.29 is 4.84 Å². The van der Waals surface area contributed by atoms with E-state index in [1.807, 2.05) is 30.3 Å². The molecule has 0 saturated heterocycles. The highest BCUT2D eigenvalue weighted by molar-refractivity contribution is 5.79. The van der Waals surface area contributed by atoms with Gasteiger partial charge in [-0.05, 0) is 23.6 Å². The molecule has 0 radical (unpaired) electrons. The van der Waals surface area contributed by atoms with Crippen molar-refractivity contribution in [3.05, 3.63) is 70.8 Å². The second-order valence-corrected chi connectivity index (χ2v) is 4.37. The van der Waals surface area contributed by atoms with Crippen LogP contribution in [0.2, 0.25) is 0 Å². The first-order chi connectivity index (χ1) is 9.83. The first-order valence-electron chi connectivity index (χ1n) is 6.55. The summed E-state index contributed by atoms with van der Waals surface area (Å²) in [5, 5.41) is 12.9. The molecule has 0 fully saturated rings. The van der Waals surface area contributed by atoms with Crippen LogP contribution < -0.4 is 0 Å². The van der Waals surface area contributed by atoms with E-state index in [0.29, 0.717) is 12.2 Å². The van der Waals surface area contributed by atoms with E-state index in [1.54, 1.807) is 12.3 Å². The van der Waals surface area contributed by atoms with Crippen LogP contribution >= 0.6 is 0 Å². The van der Waals surface area contributed by atoms with Crippen molar-refractivity contribution in [2.75, 3.05) is 0 Å². The van der Waals surface area contributed by atoms with Crippen molar-refractivity contribution >= 4 is 6.21 Å². The summed E-state index contributed by atoms with van der Waals surface area (Å²) < 4.78 is 0. The Hall–Kier alpha value is -2.60. The third-order valence-corrected chi connectivity index (χ3v) is 3.02. The molecule has 0 heterocycles. The average molecular weight is 264 g/mol. The first-order valence-corrected chi connectivity index (χ1v) is 6.55. The number of oxime groups is 1. The Morgan fingerprint density at radius 3 is 2.60 bits per heavy atom. The summed E-state index contributed by atoms with van der Waals surface area (Å²) in [6.07, 6.45) is 2.70. The number of rotatable bonds is 5. The molecule has 0 aromatic heterocycles. The number of aryl methyl sites for hydroxylation is 1. The summed E-state index contributed by atoms with van der Waals surface area (Å²) in [7, 11) is 0. The minimum absolute atomic E-state index is 0.299. The Labute approximate surface area is 119 Å². The number of nitriles is 1. The maximum atomic E-state index is 8.96. The van der Waals surface area contributed by atoms with Gasteiger partial charge in [-0.2, -0.15) is 5.26 Å². The minimum atomic E-state index is 0.299. The molecule has 0 bridgehead atoms. The SMILES string of the molecule is CCc1ccc(C=NOCc2ccccc2C#N)cc1. The second kappa shape index (κ2) is 7.10. The van der Waals surface area contributed by atoms with Crippen LogP contribution in [0.15, 0.2) is 53.7 Å². The quantitative estimate of drug-likeness (QED) is 0.611. The maximum absolute atomic E-state index is 8.96. The lowest BCUT2D eigenvalue weighted by molar-refractivity contribution is 0.132. The topological polar surface area (TPSA) is 45.4 Å². The molecule has 0 aliphatic rings. The lowest BCUT2D eigenvalue weighted by atomic mass is 10.1. The predicted molar refractivity (Wildman–Crippen MR) is 79.4 cm³/mol. The van der Waals surface area contributed by atoms with Gasteiger partial charge in [-0.25, -0.2) is 0 Å². The molecule has 100 valence electrons. The molecule has 2 aromatic rings. The van der Waals surface area contributed by atoms with Gasteiger partial charge in [0.2, 0.25) is 0 Å². The van der Waals surface area contributed by atoms with E-state index >= 15 is 0 Å². The van der Waals surface area contributed by atoms with Crippen molar-refractivity contribution in [2.45, 2.75) is 20.0 Å². The van der Waals surface area contributed by atoms with Crippen LogP contribution in [0.1, 0.15) is 29.2 Å². The molecule has 0 N–H and O–H groups in total. The van der Waals surface area contributed by atoms with Crippen LogP contribution in [-0.2, 0) is 17.9 Å². The molecular weight excluding hydrogens is 248 g/mol. The van der Waals surface area contributed by atoms with Gasteiger partial charge in [0, 0.05) is 5.56 Å². The number of nitrogens with zero attached hydrogens (tertiary/aromatic N) is 2. The highest BCUT2D eigenvalue weighted by Crippen LogP contribution is 2.09. The molecule has 0 aliphatic heterocycles. The Bertz CT molecular complexity index is 624. The molecule has 0 saturated carbocycles. The number of hydrogen-bond acceptors (Lipinski definition) is 3. The maximum Gasteiger partial charge on any atom is 0.143 e. The smallest absolute Gasteiger partial charge is 0.143 e. The van der Waals surface area contributed by atoms with Gasteiger partial charge in [-0.1, -0.05) is 54.5 Å². The Balaban J connectivity index is 1.92. The van der Waals surface area contributed by atoms with E-state index < -0.39 is 0 Å². The van der Waals surface area contributed by atoms with Crippen molar-refractivity contribution in [3.63, 3.8) is 0 Å². The molecule has 0 spiro atoms. The van der Waals surface area contributed by atoms with Crippen molar-refractivity contribution in [3.8, 4) is 6.07 Å². The van der Waals surface area contributed by atoms with Crippen molar-refractivity contribution in [1.29, 1.82) is 5.26 Å². The van der Waals surface area contributed by atoms with Gasteiger partial charge < -0.3 is 4.84 Å². The number of hydrogen-bond donors (Lipinski definition) is 0. The fourth-order valence-corrected chi connectivity index (χ4v) is 1.80. The van der Waals surface area contributed by atoms with Crippen LogP contribution in [0.4, 0.5) is 0 Å². The van der Waals surface area contributed by atoms with Gasteiger partial charge in [0.1, 0.15) is 6.61 Å². The summed E-state index contributed by atoms with van der Waals surface area (Å²) in [4.78, 5) is 5.24. The summed E-state index contributed by atoms with van der Waals surface area (Å²) in [6.45, 7) is 2.42. The highest BCUT2D eigenvalue weighted by Gasteiger charge is 1.99. The third-order valence-electron chi connectivity index (χ3n) is 3.02. The fourth-order valence-electron chi connectivity index (χ4n) is 1.80. The molecule has 0 unspecified atom stereocenters. The molecule has 2 aromatic carbocycles. The van der Waals surface area contributed by atoms with E-state index in [9.17, 15) is 0 Å². The Morgan fingerprint density at radius 2 is 1.90 bits per heavy atom. The molecule has 3 heteroatoms. The van der Waals surface area contributed by atoms with E-state index in [1.165, 1.54) is 5.56 Å². The lowest BCUT2D eigenvalue weighted by Crippen LogP contribution is -1.92. The molecule has 20 heavy (non-hydrogen) atoms. The normalized spacial score (nSPS) is 10.4. The number of benzene rings is 2. The van der Waals surface area contributed by atoms with Crippen LogP contribution in [0.25, 0.3) is 0 Å². The summed E-state index contributed by atoms with van der Waals surface area (Å²) in [5.74, 6) is 0. The van der Waals surface area contributed by atoms with Crippen LogP contribution in [0, 0.1) is 11.3 Å². The molecular formula is C17H16N2O. The standard InChI is InChI=1S/C17H16N2O/c1-2-14-7-9-15(10-8-14)12-19-20-13-17-6-4-3-5-16(17)11-18/h3-10,12H,2,13H2,1H3. The predicted octanol–water partition coefficient (Wildman–Crippen LogP) is 3.67. The molecule has 3 nitrogen and oxygen atoms in total. The highest BCUT2D eigenvalue weighted by atomic mass is 16.6. The largest absolute Gasteiger partial charge is 0.391 e. The molecule has 2 rings (SSSR count). The average Bonchev–Trinajstić information content (AvgIpc) is 2.52. The van der Waals surface area contributed by atoms with Crippen molar-refractivity contribution in [1.82, 2.24) is 0 Å². The van der Waals surface area contributed by atoms with Gasteiger partial charge in [-0.15, -0.1) is 0 Å². The lowest BCUT2D eigenvalue weighted by Gasteiger charge is -2.01. The van der Waals surface area contributed by atoms with Crippen molar-refractivity contribution in [2.24, 2.45) is 5.16 Å². The minimum Gasteiger partial charge on any atom is -0.391 e. The van der Waals surface area contributed by atoms with E-state index in [0.717, 1.165) is 17.5 Å². The first kappa shape index (κ1) is 13.8. The Kier molecular flexibility index (Phi) is 4.91. The van der Waals surface area contributed by atoms with Gasteiger partial charge in [0.25, 0.3) is 0 Å². The second-order valence-electron chi connectivity index (χ2n) is 4.37. The van der Waals surface area contributed by atoms with Gasteiger partial charge in [-0.3, -0.25) is 0 Å². The van der Waals surface area contributed by atoms with Gasteiger partial charge in [0.05, 0.1) is 17.8 Å². The monoisotopic (exact) mass is 264 g/mol. The molecule has 0 aliphatic carbocycles. The van der Waals surface area contributed by atoms with Crippen LogP contribution in [0.5, 0.6) is 0 Å². The zero-order chi connectivity index (χ0) is 14.2. The zero-order valence-corrected chi connectivity index (χ0v) is 11.4. The molecule has 0 atom stereocenters. The van der Waals surface area contributed by atoms with E-state index in [-0.39, 0.29) is 0 Å². The third kappa shape index (κ3) is 3.69. The van der Waals surface area contributed by atoms with Gasteiger partial charge >= 0.3 is 0 Å². The summed E-state index contributed by atoms with van der Waals surface area (Å²) in [6, 6.07) is 17.7. The fraction of sp³-hybridized carbons (Fsp3) is 0.176. The van der Waals surface area contributed by atoms with Crippen LogP contribution in [0.3, 0.4) is 0 Å².